The van der Waals surface area contributed by atoms with Gasteiger partial charge in [0.25, 0.3) is 17.5 Å². The Hall–Kier alpha value is -3.83. The molecule has 0 aliphatic carbocycles. The Kier molecular flexibility index (Phi) is 5.83. The van der Waals surface area contributed by atoms with Crippen LogP contribution in [-0.2, 0) is 22.1 Å². The van der Waals surface area contributed by atoms with Gasteiger partial charge in [-0.3, -0.25) is 4.79 Å². The molecule has 0 spiro atoms. The van der Waals surface area contributed by atoms with Crippen LogP contribution in [0.2, 0.25) is 0 Å². The molecule has 172 valence electrons. The van der Waals surface area contributed by atoms with Crippen LogP contribution in [0, 0.1) is 13.8 Å². The van der Waals surface area contributed by atoms with Crippen molar-refractivity contribution in [2.75, 3.05) is 0 Å². The first kappa shape index (κ1) is 22.4. The zero-order valence-corrected chi connectivity index (χ0v) is 17.9. The number of ether oxygens (including phenoxy) is 1. The van der Waals surface area contributed by atoms with E-state index in [9.17, 15) is 18.0 Å². The van der Waals surface area contributed by atoms with Crippen molar-refractivity contribution in [3.05, 3.63) is 59.0 Å². The second-order valence-corrected chi connectivity index (χ2v) is 7.35. The summed E-state index contributed by atoms with van der Waals surface area (Å²) in [5.74, 6) is -1.49. The lowest BCUT2D eigenvalue weighted by Crippen LogP contribution is -2.12. The normalized spacial score (nSPS) is 12.8. The quantitative estimate of drug-likeness (QED) is 0.397. The highest BCUT2D eigenvalue weighted by Gasteiger charge is 2.37. The van der Waals surface area contributed by atoms with Crippen molar-refractivity contribution in [2.24, 2.45) is 0 Å². The number of carbonyl (C=O) groups is 1. The van der Waals surface area contributed by atoms with Gasteiger partial charge in [-0.2, -0.15) is 18.2 Å². The standard InChI is InChI=1S/C21H19F3N6O3/c1-11-15(12(2)30-20(25-11)26-19(29-30)21(22,23)24)9-10-16(31)32-13(3)17-27-28-18(33-17)14-7-5-4-6-8-14/h4-8,13H,9-10H2,1-3H3. The molecule has 12 heteroatoms. The van der Waals surface area contributed by atoms with Gasteiger partial charge >= 0.3 is 12.1 Å². The molecular weight excluding hydrogens is 441 g/mol. The molecule has 9 nitrogen and oxygen atoms in total. The van der Waals surface area contributed by atoms with Crippen LogP contribution in [-0.4, -0.2) is 35.7 Å². The number of fused-ring (bicyclic) bond motifs is 1. The van der Waals surface area contributed by atoms with Gasteiger partial charge in [0, 0.05) is 23.4 Å². The SMILES string of the molecule is Cc1nc2nc(C(F)(F)F)nn2c(C)c1CCC(=O)OC(C)c1nnc(-c2ccccc2)o1. The number of nitrogens with zero attached hydrogens (tertiary/aromatic N) is 6. The molecule has 0 bridgehead atoms. The van der Waals surface area contributed by atoms with Crippen LogP contribution in [0.3, 0.4) is 0 Å². The number of halogens is 3. The van der Waals surface area contributed by atoms with E-state index in [-0.39, 0.29) is 24.5 Å². The number of aryl methyl sites for hydroxylation is 2. The summed E-state index contributed by atoms with van der Waals surface area (Å²) in [6.07, 6.45) is -5.27. The molecule has 0 radical (unpaired) electrons. The second-order valence-electron chi connectivity index (χ2n) is 7.35. The summed E-state index contributed by atoms with van der Waals surface area (Å²) >= 11 is 0. The van der Waals surface area contributed by atoms with Crippen LogP contribution in [0.25, 0.3) is 17.2 Å². The fraction of sp³-hybridized carbons (Fsp3) is 0.333. The van der Waals surface area contributed by atoms with Gasteiger partial charge in [-0.1, -0.05) is 18.2 Å². The highest BCUT2D eigenvalue weighted by molar-refractivity contribution is 5.70. The molecule has 0 aliphatic rings. The summed E-state index contributed by atoms with van der Waals surface area (Å²) in [6, 6.07) is 9.16. The van der Waals surface area contributed by atoms with E-state index in [1.54, 1.807) is 20.8 Å². The largest absolute Gasteiger partial charge is 0.453 e. The summed E-state index contributed by atoms with van der Waals surface area (Å²) in [7, 11) is 0. The number of benzene rings is 1. The van der Waals surface area contributed by atoms with E-state index < -0.39 is 24.1 Å². The topological polar surface area (TPSA) is 108 Å². The maximum absolute atomic E-state index is 12.9. The van der Waals surface area contributed by atoms with Crippen molar-refractivity contribution < 1.29 is 27.1 Å². The van der Waals surface area contributed by atoms with Crippen molar-refractivity contribution in [1.29, 1.82) is 0 Å². The third-order valence-electron chi connectivity index (χ3n) is 5.00. The molecule has 0 amide bonds. The predicted molar refractivity (Wildman–Crippen MR) is 108 cm³/mol. The molecule has 0 aliphatic heterocycles. The van der Waals surface area contributed by atoms with E-state index in [4.69, 9.17) is 9.15 Å². The lowest BCUT2D eigenvalue weighted by Gasteiger charge is -2.12. The van der Waals surface area contributed by atoms with Crippen LogP contribution in [0.1, 0.15) is 48.1 Å². The third kappa shape index (κ3) is 4.69. The van der Waals surface area contributed by atoms with Crippen LogP contribution >= 0.6 is 0 Å². The molecule has 1 atom stereocenters. The van der Waals surface area contributed by atoms with Gasteiger partial charge in [0.1, 0.15) is 0 Å². The number of hydrogen-bond acceptors (Lipinski definition) is 8. The number of esters is 1. The summed E-state index contributed by atoms with van der Waals surface area (Å²) in [5.41, 5.74) is 2.22. The zero-order valence-electron chi connectivity index (χ0n) is 17.9. The highest BCUT2D eigenvalue weighted by Crippen LogP contribution is 2.27. The first-order valence-electron chi connectivity index (χ1n) is 10.0. The lowest BCUT2D eigenvalue weighted by atomic mass is 10.1. The molecule has 0 saturated carbocycles. The Labute approximate surface area is 185 Å². The van der Waals surface area contributed by atoms with Crippen LogP contribution in [0.5, 0.6) is 0 Å². The number of rotatable bonds is 6. The number of aromatic nitrogens is 6. The lowest BCUT2D eigenvalue weighted by molar-refractivity contribution is -0.149. The van der Waals surface area contributed by atoms with E-state index in [2.05, 4.69) is 25.3 Å². The highest BCUT2D eigenvalue weighted by atomic mass is 19.4. The van der Waals surface area contributed by atoms with Crippen LogP contribution in [0.15, 0.2) is 34.7 Å². The monoisotopic (exact) mass is 460 g/mol. The Balaban J connectivity index is 1.43. The van der Waals surface area contributed by atoms with Gasteiger partial charge in [-0.15, -0.1) is 15.3 Å². The molecule has 4 rings (SSSR count). The summed E-state index contributed by atoms with van der Waals surface area (Å²) in [5, 5.41) is 11.4. The van der Waals surface area contributed by atoms with Gasteiger partial charge in [0.2, 0.25) is 5.89 Å². The minimum absolute atomic E-state index is 0.0281. The van der Waals surface area contributed by atoms with Gasteiger partial charge < -0.3 is 9.15 Å². The smallest absolute Gasteiger partial charge is 0.453 e. The summed E-state index contributed by atoms with van der Waals surface area (Å²) in [6.45, 7) is 4.85. The Morgan fingerprint density at radius 2 is 1.88 bits per heavy atom. The number of carbonyl (C=O) groups excluding carboxylic acids is 1. The maximum Gasteiger partial charge on any atom is 0.453 e. The van der Waals surface area contributed by atoms with E-state index in [1.165, 1.54) is 0 Å². The van der Waals surface area contributed by atoms with Gasteiger partial charge in [-0.25, -0.2) is 9.50 Å². The zero-order chi connectivity index (χ0) is 23.8. The number of alkyl halides is 3. The fourth-order valence-corrected chi connectivity index (χ4v) is 3.32. The first-order chi connectivity index (χ1) is 15.6. The van der Waals surface area contributed by atoms with E-state index in [1.807, 2.05) is 30.3 Å². The van der Waals surface area contributed by atoms with Crippen molar-refractivity contribution in [1.82, 2.24) is 29.8 Å². The average molecular weight is 460 g/mol. The maximum atomic E-state index is 12.9. The summed E-state index contributed by atoms with van der Waals surface area (Å²) < 4.78 is 50.8. The number of hydrogen-bond donors (Lipinski definition) is 0. The second kappa shape index (κ2) is 8.60. The molecule has 1 unspecified atom stereocenters. The van der Waals surface area contributed by atoms with Gasteiger partial charge in [0.15, 0.2) is 6.10 Å². The van der Waals surface area contributed by atoms with Crippen molar-refractivity contribution in [2.45, 2.75) is 45.9 Å². The Morgan fingerprint density at radius 3 is 2.58 bits per heavy atom. The van der Waals surface area contributed by atoms with Crippen LogP contribution in [0.4, 0.5) is 13.2 Å². The molecule has 4 aromatic rings. The first-order valence-corrected chi connectivity index (χ1v) is 10.0. The average Bonchev–Trinajstić information content (AvgIpc) is 3.42. The molecular formula is C21H19F3N6O3. The molecule has 0 saturated heterocycles. The van der Waals surface area contributed by atoms with E-state index in [0.29, 0.717) is 22.8 Å². The minimum Gasteiger partial charge on any atom is -0.453 e. The van der Waals surface area contributed by atoms with Crippen LogP contribution < -0.4 is 0 Å². The molecule has 0 fully saturated rings. The molecule has 33 heavy (non-hydrogen) atoms. The minimum atomic E-state index is -4.68. The molecule has 3 aromatic heterocycles. The molecule has 1 aromatic carbocycles. The Bertz CT molecular complexity index is 1300. The predicted octanol–water partition coefficient (Wildman–Crippen LogP) is 4.05. The Morgan fingerprint density at radius 1 is 1.15 bits per heavy atom. The van der Waals surface area contributed by atoms with E-state index >= 15 is 0 Å². The third-order valence-corrected chi connectivity index (χ3v) is 5.00. The fourth-order valence-electron chi connectivity index (χ4n) is 3.32. The van der Waals surface area contributed by atoms with Crippen molar-refractivity contribution in [3.63, 3.8) is 0 Å². The molecule has 0 N–H and O–H groups in total. The van der Waals surface area contributed by atoms with Gasteiger partial charge in [0.05, 0.1) is 0 Å². The van der Waals surface area contributed by atoms with Crippen molar-refractivity contribution in [3.8, 4) is 11.5 Å². The van der Waals surface area contributed by atoms with Crippen molar-refractivity contribution >= 4 is 11.7 Å². The molecule has 3 heterocycles. The van der Waals surface area contributed by atoms with Gasteiger partial charge in [-0.05, 0) is 44.9 Å². The summed E-state index contributed by atoms with van der Waals surface area (Å²) in [4.78, 5) is 19.9. The van der Waals surface area contributed by atoms with E-state index in [0.717, 1.165) is 10.1 Å².